The highest BCUT2D eigenvalue weighted by Crippen LogP contribution is 2.75. The highest BCUT2D eigenvalue weighted by atomic mass is 16.5. The van der Waals surface area contributed by atoms with Crippen molar-refractivity contribution < 1.29 is 19.4 Å². The van der Waals surface area contributed by atoms with E-state index in [4.69, 9.17) is 9.47 Å². The minimum atomic E-state index is -0.383. The third-order valence-electron chi connectivity index (χ3n) is 10.4. The number of carbonyl (C=O) groups excluding carboxylic acids is 1. The monoisotopic (exact) mass is 415 g/mol. The highest BCUT2D eigenvalue weighted by Gasteiger charge is 2.73. The lowest BCUT2D eigenvalue weighted by atomic mass is 9.38. The van der Waals surface area contributed by atoms with Crippen LogP contribution in [-0.2, 0) is 14.3 Å². The van der Waals surface area contributed by atoms with Crippen molar-refractivity contribution in [3.8, 4) is 0 Å². The Morgan fingerprint density at radius 1 is 1.23 bits per heavy atom. The number of piperidine rings is 1. The van der Waals surface area contributed by atoms with E-state index in [-0.39, 0.29) is 35.2 Å². The molecule has 2 aliphatic heterocycles. The molecule has 9 atom stereocenters. The van der Waals surface area contributed by atoms with Gasteiger partial charge in [-0.15, -0.1) is 0 Å². The molecule has 0 radical (unpaired) electrons. The number of hydrogen-bond donors (Lipinski definition) is 1. The second-order valence-electron chi connectivity index (χ2n) is 11.8. The quantitative estimate of drug-likeness (QED) is 0.525. The molecule has 5 nitrogen and oxygen atoms in total. The van der Waals surface area contributed by atoms with Crippen molar-refractivity contribution in [2.24, 2.45) is 34.0 Å². The molecule has 30 heavy (non-hydrogen) atoms. The molecule has 0 aromatic rings. The summed E-state index contributed by atoms with van der Waals surface area (Å²) in [4.78, 5) is 14.6. The maximum atomic E-state index is 12.1. The summed E-state index contributed by atoms with van der Waals surface area (Å²) in [6.07, 6.45) is 9.21. The maximum absolute atomic E-state index is 12.1. The van der Waals surface area contributed by atoms with Gasteiger partial charge in [-0.3, -0.25) is 9.69 Å². The molecule has 2 saturated heterocycles. The van der Waals surface area contributed by atoms with Gasteiger partial charge in [0.15, 0.2) is 0 Å². The van der Waals surface area contributed by atoms with Crippen LogP contribution in [0.3, 0.4) is 0 Å². The van der Waals surface area contributed by atoms with Gasteiger partial charge in [0.05, 0.1) is 12.7 Å². The Bertz CT molecular complexity index is 783. The summed E-state index contributed by atoms with van der Waals surface area (Å²) in [6.45, 7) is 10.7. The van der Waals surface area contributed by atoms with Crippen molar-refractivity contribution in [1.29, 1.82) is 0 Å². The number of hydrogen-bond acceptors (Lipinski definition) is 5. The van der Waals surface area contributed by atoms with Gasteiger partial charge in [0.1, 0.15) is 12.3 Å². The van der Waals surface area contributed by atoms with Crippen LogP contribution in [0.5, 0.6) is 0 Å². The molecule has 4 saturated carbocycles. The second-order valence-corrected chi connectivity index (χ2v) is 11.8. The van der Waals surface area contributed by atoms with E-state index in [0.717, 1.165) is 25.9 Å². The first-order valence-corrected chi connectivity index (χ1v) is 12.2. The van der Waals surface area contributed by atoms with Crippen LogP contribution in [0.25, 0.3) is 0 Å². The smallest absolute Gasteiger partial charge is 0.303 e. The minimum absolute atomic E-state index is 0.0306. The number of nitrogens with zero attached hydrogens (tertiary/aromatic N) is 1. The van der Waals surface area contributed by atoms with Crippen molar-refractivity contribution in [2.45, 2.75) is 83.6 Å². The molecule has 4 bridgehead atoms. The Morgan fingerprint density at radius 3 is 2.87 bits per heavy atom. The first-order valence-electron chi connectivity index (χ1n) is 12.2. The molecule has 1 N–H and O–H groups in total. The molecule has 4 aliphatic carbocycles. The third kappa shape index (κ3) is 2.32. The lowest BCUT2D eigenvalue weighted by Crippen LogP contribution is -2.74. The number of ether oxygens (including phenoxy) is 2. The molecule has 6 rings (SSSR count). The Kier molecular flexibility index (Phi) is 4.16. The lowest BCUT2D eigenvalue weighted by molar-refractivity contribution is -0.320. The largest absolute Gasteiger partial charge is 0.457 e. The van der Waals surface area contributed by atoms with Gasteiger partial charge in [0, 0.05) is 30.8 Å². The van der Waals surface area contributed by atoms with Gasteiger partial charge in [-0.2, -0.15) is 0 Å². The predicted octanol–water partition coefficient (Wildman–Crippen LogP) is 3.51. The molecule has 1 spiro atoms. The van der Waals surface area contributed by atoms with Gasteiger partial charge in [-0.05, 0) is 73.7 Å². The molecule has 2 heterocycles. The molecular formula is C25H37NO4. The summed E-state index contributed by atoms with van der Waals surface area (Å²) < 4.78 is 12.6. The Balaban J connectivity index is 1.48. The number of esters is 1. The van der Waals surface area contributed by atoms with Crippen molar-refractivity contribution in [3.05, 3.63) is 12.2 Å². The first kappa shape index (κ1) is 19.8. The van der Waals surface area contributed by atoms with Crippen LogP contribution < -0.4 is 0 Å². The summed E-state index contributed by atoms with van der Waals surface area (Å²) in [5, 5.41) is 10.4. The van der Waals surface area contributed by atoms with Gasteiger partial charge < -0.3 is 14.6 Å². The molecular weight excluding hydrogens is 378 g/mol. The summed E-state index contributed by atoms with van der Waals surface area (Å²) >= 11 is 0. The van der Waals surface area contributed by atoms with E-state index < -0.39 is 0 Å². The third-order valence-corrected chi connectivity index (χ3v) is 10.4. The van der Waals surface area contributed by atoms with Crippen LogP contribution in [0.1, 0.15) is 65.2 Å². The molecule has 6 fully saturated rings. The normalized spacial score (nSPS) is 54.7. The van der Waals surface area contributed by atoms with Crippen LogP contribution in [0.15, 0.2) is 12.2 Å². The van der Waals surface area contributed by atoms with Crippen LogP contribution in [0.2, 0.25) is 0 Å². The van der Waals surface area contributed by atoms with E-state index in [1.54, 1.807) is 6.92 Å². The Labute approximate surface area is 180 Å². The van der Waals surface area contributed by atoms with E-state index in [1.165, 1.54) is 44.1 Å². The zero-order valence-corrected chi connectivity index (χ0v) is 18.6. The summed E-state index contributed by atoms with van der Waals surface area (Å²) in [5.74, 6) is 1.50. The molecule has 5 heteroatoms. The first-order chi connectivity index (χ1) is 14.3. The number of rotatable bonds is 1. The van der Waals surface area contributed by atoms with E-state index in [1.807, 2.05) is 0 Å². The van der Waals surface area contributed by atoms with Crippen molar-refractivity contribution in [1.82, 2.24) is 4.90 Å². The molecule has 166 valence electrons. The van der Waals surface area contributed by atoms with Crippen molar-refractivity contribution >= 4 is 5.97 Å². The fourth-order valence-corrected chi connectivity index (χ4v) is 9.85. The van der Waals surface area contributed by atoms with Gasteiger partial charge in [-0.25, -0.2) is 0 Å². The number of carbonyl (C=O) groups is 1. The van der Waals surface area contributed by atoms with Gasteiger partial charge in [0.25, 0.3) is 0 Å². The fraction of sp³-hybridized carbons (Fsp3) is 0.880. The van der Waals surface area contributed by atoms with E-state index in [2.05, 4.69) is 18.4 Å². The molecule has 1 unspecified atom stereocenters. The summed E-state index contributed by atoms with van der Waals surface area (Å²) in [6, 6.07) is 0. The number of fused-ring (bicyclic) bond motifs is 2. The van der Waals surface area contributed by atoms with E-state index in [0.29, 0.717) is 29.8 Å². The number of aliphatic hydroxyl groups excluding tert-OH is 1. The maximum Gasteiger partial charge on any atom is 0.303 e. The average Bonchev–Trinajstić information content (AvgIpc) is 2.87. The van der Waals surface area contributed by atoms with Crippen LogP contribution in [0, 0.1) is 34.0 Å². The lowest BCUT2D eigenvalue weighted by Gasteiger charge is -2.72. The molecule has 0 aromatic heterocycles. The highest BCUT2D eigenvalue weighted by molar-refractivity contribution is 5.67. The fourth-order valence-electron chi connectivity index (χ4n) is 9.85. The summed E-state index contributed by atoms with van der Waals surface area (Å²) in [7, 11) is 0. The zero-order chi connectivity index (χ0) is 20.9. The SMILES string of the molecule is C=C1[C@H]2CC[C@@H]3[C@@](CC[C@@H]4[C@@]5(C)CCC[C@]43C3OC[C@H](O)CN3C5)(C2)[C@H]1OC(C)=O. The Hall–Kier alpha value is -0.910. The standard InChI is InChI=1S/C25H37NO4/c1-15-17-5-6-20-24(11-17,21(15)30-16(2)27)10-7-19-23(3)8-4-9-25(19,20)22-26(14-23)12-18(28)13-29-22/h17-22,28H,1,4-14H2,2-3H3/t17-,18+,19+,20+,21-,22?,23-,24+,25-/m0/s1. The van der Waals surface area contributed by atoms with E-state index >= 15 is 0 Å². The van der Waals surface area contributed by atoms with Gasteiger partial charge in [0.2, 0.25) is 0 Å². The average molecular weight is 416 g/mol. The van der Waals surface area contributed by atoms with Crippen molar-refractivity contribution in [3.63, 3.8) is 0 Å². The molecule has 0 amide bonds. The van der Waals surface area contributed by atoms with Gasteiger partial charge >= 0.3 is 5.97 Å². The predicted molar refractivity (Wildman–Crippen MR) is 112 cm³/mol. The van der Waals surface area contributed by atoms with Crippen LogP contribution >= 0.6 is 0 Å². The van der Waals surface area contributed by atoms with Crippen LogP contribution in [0.4, 0.5) is 0 Å². The molecule has 0 aromatic carbocycles. The Morgan fingerprint density at radius 2 is 2.07 bits per heavy atom. The van der Waals surface area contributed by atoms with Crippen LogP contribution in [-0.4, -0.2) is 54.1 Å². The number of aliphatic hydroxyl groups is 1. The minimum Gasteiger partial charge on any atom is -0.457 e. The second kappa shape index (κ2) is 6.32. The van der Waals surface area contributed by atoms with E-state index in [9.17, 15) is 9.90 Å². The topological polar surface area (TPSA) is 59.0 Å². The summed E-state index contributed by atoms with van der Waals surface area (Å²) in [5.41, 5.74) is 1.61. The van der Waals surface area contributed by atoms with Crippen molar-refractivity contribution in [2.75, 3.05) is 19.7 Å². The zero-order valence-electron chi connectivity index (χ0n) is 18.6. The van der Waals surface area contributed by atoms with Gasteiger partial charge in [-0.1, -0.05) is 19.9 Å². The molecule has 6 aliphatic rings.